The van der Waals surface area contributed by atoms with Crippen LogP contribution in [-0.4, -0.2) is 14.3 Å². The maximum Gasteiger partial charge on any atom is 0.283 e. The fourth-order valence-electron chi connectivity index (χ4n) is 1.57. The zero-order chi connectivity index (χ0) is 16.5. The number of halogens is 4. The van der Waals surface area contributed by atoms with E-state index in [0.717, 1.165) is 7.14 Å². The van der Waals surface area contributed by atoms with Gasteiger partial charge in [0.1, 0.15) is 4.90 Å². The summed E-state index contributed by atoms with van der Waals surface area (Å²) < 4.78 is 30.2. The molecule has 0 spiro atoms. The van der Waals surface area contributed by atoms with Gasteiger partial charge < -0.3 is 5.11 Å². The van der Waals surface area contributed by atoms with Crippen LogP contribution in [0.5, 0.6) is 0 Å². The van der Waals surface area contributed by atoms with Crippen molar-refractivity contribution in [1.29, 1.82) is 0 Å². The van der Waals surface area contributed by atoms with Crippen LogP contribution in [0.15, 0.2) is 45.7 Å². The van der Waals surface area contributed by atoms with Crippen molar-refractivity contribution in [3.63, 3.8) is 0 Å². The van der Waals surface area contributed by atoms with Gasteiger partial charge in [-0.2, -0.15) is 12.8 Å². The molecule has 0 atom stereocenters. The minimum atomic E-state index is -4.15. The van der Waals surface area contributed by atoms with Crippen LogP contribution in [0, 0.1) is 10.7 Å². The summed E-state index contributed by atoms with van der Waals surface area (Å²) in [6.07, 6.45) is 0. The molecule has 0 aliphatic carbocycles. The molecule has 0 unspecified atom stereocenters. The molecule has 0 radical (unpaired) electrons. The van der Waals surface area contributed by atoms with E-state index in [9.17, 15) is 13.5 Å². The molecule has 0 saturated carbocycles. The lowest BCUT2D eigenvalue weighted by Crippen LogP contribution is -2.22. The summed E-state index contributed by atoms with van der Waals surface area (Å²) in [4.78, 5) is -0.180. The average Bonchev–Trinajstić information content (AvgIpc) is 2.42. The third-order valence-corrected chi connectivity index (χ3v) is 7.97. The van der Waals surface area contributed by atoms with Crippen LogP contribution in [0.4, 0.5) is 0 Å². The summed E-state index contributed by atoms with van der Waals surface area (Å²) in [7, 11) is -4.15. The monoisotopic (exact) mass is 672 g/mol. The topological polar surface area (TPSA) is 69.6 Å². The Morgan fingerprint density at radius 3 is 2.41 bits per heavy atom. The highest BCUT2D eigenvalue weighted by Gasteiger charge is 2.17. The second kappa shape index (κ2) is 7.49. The number of sulfonamides is 1. The number of benzene rings is 2. The molecule has 0 heterocycles. The predicted octanol–water partition coefficient (Wildman–Crippen LogP) is 3.65. The van der Waals surface area contributed by atoms with Crippen molar-refractivity contribution in [2.24, 2.45) is 4.40 Å². The van der Waals surface area contributed by atoms with Crippen molar-refractivity contribution >= 4 is 95.3 Å². The minimum Gasteiger partial charge on any atom is -0.858 e. The quantitative estimate of drug-likeness (QED) is 0.217. The van der Waals surface area contributed by atoms with Crippen molar-refractivity contribution in [2.45, 2.75) is 4.90 Å². The first-order chi connectivity index (χ1) is 10.2. The molecule has 0 amide bonds. The van der Waals surface area contributed by atoms with Crippen molar-refractivity contribution in [2.75, 3.05) is 0 Å². The van der Waals surface area contributed by atoms with E-state index in [0.29, 0.717) is 3.57 Å². The smallest absolute Gasteiger partial charge is 0.283 e. The molecule has 0 saturated heterocycles. The van der Waals surface area contributed by atoms with Gasteiger partial charge in [-0.1, -0.05) is 23.7 Å². The zero-order valence-electron chi connectivity index (χ0n) is 10.6. The number of hydrogen-bond acceptors (Lipinski definition) is 3. The van der Waals surface area contributed by atoms with Crippen molar-refractivity contribution in [3.05, 3.63) is 57.7 Å². The Morgan fingerprint density at radius 2 is 1.77 bits per heavy atom. The first-order valence-corrected chi connectivity index (χ1v) is 10.7. The van der Waals surface area contributed by atoms with Crippen LogP contribution >= 0.6 is 79.4 Å². The van der Waals surface area contributed by atoms with Gasteiger partial charge in [0.2, 0.25) is 0 Å². The first kappa shape index (κ1) is 18.7. The maximum absolute atomic E-state index is 12.3. The van der Waals surface area contributed by atoms with Crippen LogP contribution in [0.25, 0.3) is 0 Å². The molecule has 0 aromatic heterocycles. The van der Waals surface area contributed by atoms with Crippen molar-refractivity contribution in [3.8, 4) is 0 Å². The lowest BCUT2D eigenvalue weighted by Gasteiger charge is -2.14. The summed E-state index contributed by atoms with van der Waals surface area (Å²) in [5.41, 5.74) is 0.257. The lowest BCUT2D eigenvalue weighted by atomic mass is 10.2. The molecule has 2 rings (SSSR count). The number of hydrogen-bond donors (Lipinski definition) is 0. The van der Waals surface area contributed by atoms with Crippen LogP contribution in [0.1, 0.15) is 5.56 Å². The summed E-state index contributed by atoms with van der Waals surface area (Å²) in [5, 5.41) is 12.3. The lowest BCUT2D eigenvalue weighted by molar-refractivity contribution is -0.212. The van der Waals surface area contributed by atoms with Gasteiger partial charge in [-0.05, 0) is 92.0 Å². The van der Waals surface area contributed by atoms with Crippen LogP contribution < -0.4 is 5.11 Å². The van der Waals surface area contributed by atoms with Crippen LogP contribution in [-0.2, 0) is 10.0 Å². The summed E-state index contributed by atoms with van der Waals surface area (Å²) >= 11 is 12.0. The van der Waals surface area contributed by atoms with Gasteiger partial charge in [0.15, 0.2) is 0 Å². The third-order valence-electron chi connectivity index (χ3n) is 2.54. The first-order valence-electron chi connectivity index (χ1n) is 5.64. The van der Waals surface area contributed by atoms with E-state index in [-0.39, 0.29) is 15.5 Å². The summed E-state index contributed by atoms with van der Waals surface area (Å²) in [6, 6.07) is 9.39. The van der Waals surface area contributed by atoms with E-state index < -0.39 is 15.9 Å². The predicted molar refractivity (Wildman–Crippen MR) is 110 cm³/mol. The van der Waals surface area contributed by atoms with Gasteiger partial charge in [-0.15, -0.1) is 0 Å². The van der Waals surface area contributed by atoms with Gasteiger partial charge in [0.25, 0.3) is 10.0 Å². The molecule has 2 aromatic carbocycles. The second-order valence-corrected chi connectivity index (χ2v) is 9.52. The van der Waals surface area contributed by atoms with E-state index in [1.54, 1.807) is 12.1 Å². The Morgan fingerprint density at radius 1 is 1.14 bits per heavy atom. The summed E-state index contributed by atoms with van der Waals surface area (Å²) in [6.45, 7) is 0. The third kappa shape index (κ3) is 4.24. The fraction of sp³-hybridized carbons (Fsp3) is 0. The van der Waals surface area contributed by atoms with Gasteiger partial charge in [-0.25, -0.2) is 0 Å². The minimum absolute atomic E-state index is 0.0333. The van der Waals surface area contributed by atoms with E-state index in [1.165, 1.54) is 18.2 Å². The molecule has 22 heavy (non-hydrogen) atoms. The van der Waals surface area contributed by atoms with E-state index in [1.807, 2.05) is 28.7 Å². The molecule has 0 bridgehead atoms. The van der Waals surface area contributed by atoms with Gasteiger partial charge in [-0.3, -0.25) is 0 Å². The molecule has 0 N–H and O–H groups in total. The SMILES string of the molecule is O=S(=O)(/N=C(\[O-])c1cc(I)cc(I)c1I)c1ccccc1Cl. The average molecular weight is 672 g/mol. The Bertz CT molecular complexity index is 869. The van der Waals surface area contributed by atoms with E-state index in [2.05, 4.69) is 49.6 Å². The Hall–Kier alpha value is 0.340. The normalized spacial score (nSPS) is 12.5. The number of nitrogens with zero attached hydrogens (tertiary/aromatic N) is 1. The molecular formula is C13H6ClI3NO3S-. The van der Waals surface area contributed by atoms with Gasteiger partial charge >= 0.3 is 0 Å². The molecular weight excluding hydrogens is 666 g/mol. The largest absolute Gasteiger partial charge is 0.858 e. The van der Waals surface area contributed by atoms with Crippen LogP contribution in [0.3, 0.4) is 0 Å². The molecule has 4 nitrogen and oxygen atoms in total. The molecule has 0 aliphatic rings. The maximum atomic E-state index is 12.3. The molecule has 0 fully saturated rings. The highest BCUT2D eigenvalue weighted by atomic mass is 127. The zero-order valence-corrected chi connectivity index (χ0v) is 18.6. The standard InChI is InChI=1S/C13H7ClI3NO3S/c14-9-3-1-2-4-11(9)22(20,21)18-13(19)8-5-7(15)6-10(16)12(8)17/h1-6H,(H,18,19)/p-1. The number of rotatable bonds is 3. The van der Waals surface area contributed by atoms with E-state index >= 15 is 0 Å². The fourth-order valence-corrected chi connectivity index (χ4v) is 5.37. The van der Waals surface area contributed by atoms with E-state index in [4.69, 9.17) is 11.6 Å². The van der Waals surface area contributed by atoms with Crippen molar-refractivity contribution in [1.82, 2.24) is 0 Å². The summed E-state index contributed by atoms with van der Waals surface area (Å²) in [5.74, 6) is -0.805. The highest BCUT2D eigenvalue weighted by Crippen LogP contribution is 2.25. The van der Waals surface area contributed by atoms with Gasteiger partial charge in [0, 0.05) is 22.2 Å². The molecule has 116 valence electrons. The molecule has 9 heteroatoms. The van der Waals surface area contributed by atoms with Crippen LogP contribution in [0.2, 0.25) is 5.02 Å². The molecule has 0 aliphatic heterocycles. The molecule has 2 aromatic rings. The highest BCUT2D eigenvalue weighted by molar-refractivity contribution is 14.1. The Kier molecular flexibility index (Phi) is 6.36. The van der Waals surface area contributed by atoms with Gasteiger partial charge in [0.05, 0.1) is 5.02 Å². The Balaban J connectivity index is 2.56. The second-order valence-electron chi connectivity index (χ2n) is 4.05. The Labute approximate surface area is 173 Å². The van der Waals surface area contributed by atoms with Crippen molar-refractivity contribution < 1.29 is 13.5 Å².